The molecule has 0 aliphatic heterocycles. The van der Waals surface area contributed by atoms with Crippen LogP contribution in [0.5, 0.6) is 0 Å². The van der Waals surface area contributed by atoms with Crippen molar-refractivity contribution in [3.63, 3.8) is 0 Å². The van der Waals surface area contributed by atoms with Crippen LogP contribution in [0.1, 0.15) is 17.3 Å². The van der Waals surface area contributed by atoms with Crippen molar-refractivity contribution in [3.05, 3.63) is 78.1 Å². The van der Waals surface area contributed by atoms with Crippen molar-refractivity contribution in [2.75, 3.05) is 16.8 Å². The highest BCUT2D eigenvalue weighted by Crippen LogP contribution is 2.28. The Morgan fingerprint density at radius 3 is 2.26 bits per heavy atom. The summed E-state index contributed by atoms with van der Waals surface area (Å²) >= 11 is 0. The molecule has 0 fully saturated rings. The molecule has 6 heteroatoms. The molecule has 0 bridgehead atoms. The number of carbonyl (C=O) groups is 1. The zero-order chi connectivity index (χ0) is 19.4. The van der Waals surface area contributed by atoms with Crippen LogP contribution in [0.15, 0.2) is 71.6 Å². The minimum absolute atomic E-state index is 0.310. The number of amides is 1. The number of carbonyl (C=O) groups excluding carboxylic acids is 1. The van der Waals surface area contributed by atoms with Gasteiger partial charge in [0.2, 0.25) is 0 Å². The average Bonchev–Trinajstić information content (AvgIpc) is 2.69. The molecule has 0 radical (unpaired) electrons. The topological polar surface area (TPSA) is 72.2 Å². The van der Waals surface area contributed by atoms with Crippen LogP contribution in [0.25, 0.3) is 11.1 Å². The quantitative estimate of drug-likeness (QED) is 0.640. The predicted octanol–water partition coefficient (Wildman–Crippen LogP) is 4.45. The molecule has 3 aromatic rings. The Morgan fingerprint density at radius 2 is 1.63 bits per heavy atom. The molecule has 0 aliphatic rings. The Hall–Kier alpha value is -2.99. The number of nitrogens with one attached hydrogen (secondary N) is 1. The molecule has 27 heavy (non-hydrogen) atoms. The van der Waals surface area contributed by atoms with Crippen LogP contribution >= 0.6 is 0 Å². The molecule has 4 nitrogen and oxygen atoms in total. The lowest BCUT2D eigenvalue weighted by atomic mass is 10.0. The number of benzene rings is 3. The zero-order valence-electron chi connectivity index (χ0n) is 14.7. The molecule has 3 aromatic carbocycles. The molecular weight excluding hydrogens is 363 g/mol. The van der Waals surface area contributed by atoms with Gasteiger partial charge in [0, 0.05) is 16.2 Å². The van der Waals surface area contributed by atoms with Crippen LogP contribution in [0.3, 0.4) is 0 Å². The second-order valence-corrected chi connectivity index (χ2v) is 7.66. The fraction of sp³-hybridized carbons (Fsp3) is 0.0952. The molecule has 3 N–H and O–H groups in total. The van der Waals surface area contributed by atoms with E-state index < -0.39 is 10.8 Å². The summed E-state index contributed by atoms with van der Waals surface area (Å²) in [6.45, 7) is 1.84. The first kappa shape index (κ1) is 18.8. The monoisotopic (exact) mass is 382 g/mol. The number of nitrogens with two attached hydrogens (primary N) is 1. The third kappa shape index (κ3) is 4.41. The van der Waals surface area contributed by atoms with Gasteiger partial charge in [0.05, 0.1) is 22.2 Å². The first-order chi connectivity index (χ1) is 13.0. The average molecular weight is 382 g/mol. The number of rotatable bonds is 5. The summed E-state index contributed by atoms with van der Waals surface area (Å²) in [6.07, 6.45) is 0. The highest BCUT2D eigenvalue weighted by Gasteiger charge is 2.11. The minimum atomic E-state index is -1.06. The number of nitrogen functional groups attached to an aromatic ring is 1. The van der Waals surface area contributed by atoms with E-state index in [1.54, 1.807) is 48.5 Å². The van der Waals surface area contributed by atoms with Gasteiger partial charge in [-0.05, 0) is 59.7 Å². The fourth-order valence-electron chi connectivity index (χ4n) is 2.61. The van der Waals surface area contributed by atoms with Crippen molar-refractivity contribution in [1.29, 1.82) is 0 Å². The van der Waals surface area contributed by atoms with Gasteiger partial charge in [-0.25, -0.2) is 4.39 Å². The van der Waals surface area contributed by atoms with Gasteiger partial charge in [-0.3, -0.25) is 9.00 Å². The van der Waals surface area contributed by atoms with Crippen molar-refractivity contribution in [3.8, 4) is 11.1 Å². The molecule has 0 aliphatic carbocycles. The summed E-state index contributed by atoms with van der Waals surface area (Å²) in [4.78, 5) is 13.2. The molecule has 0 aromatic heterocycles. The molecule has 138 valence electrons. The molecule has 1 amide bonds. The van der Waals surface area contributed by atoms with E-state index in [9.17, 15) is 13.4 Å². The first-order valence-corrected chi connectivity index (χ1v) is 9.75. The Labute approximate surface area is 159 Å². The van der Waals surface area contributed by atoms with E-state index in [2.05, 4.69) is 5.32 Å². The lowest BCUT2D eigenvalue weighted by molar-refractivity contribution is 0.102. The molecule has 1 unspecified atom stereocenters. The summed E-state index contributed by atoms with van der Waals surface area (Å²) in [7, 11) is -1.06. The van der Waals surface area contributed by atoms with Crippen molar-refractivity contribution < 1.29 is 13.4 Å². The first-order valence-electron chi connectivity index (χ1n) is 8.43. The summed E-state index contributed by atoms with van der Waals surface area (Å²) in [5, 5.41) is 2.80. The van der Waals surface area contributed by atoms with Gasteiger partial charge in [0.25, 0.3) is 5.91 Å². The van der Waals surface area contributed by atoms with E-state index >= 15 is 0 Å². The van der Waals surface area contributed by atoms with E-state index in [0.29, 0.717) is 27.6 Å². The van der Waals surface area contributed by atoms with Gasteiger partial charge >= 0.3 is 0 Å². The maximum absolute atomic E-state index is 13.1. The molecule has 0 spiro atoms. The maximum Gasteiger partial charge on any atom is 0.255 e. The van der Waals surface area contributed by atoms with Gasteiger partial charge in [0.15, 0.2) is 0 Å². The van der Waals surface area contributed by atoms with Crippen LogP contribution in [0.2, 0.25) is 0 Å². The molecule has 0 heterocycles. The zero-order valence-corrected chi connectivity index (χ0v) is 15.6. The van der Waals surface area contributed by atoms with E-state index in [1.807, 2.05) is 13.0 Å². The van der Waals surface area contributed by atoms with E-state index in [-0.39, 0.29) is 11.7 Å². The summed E-state index contributed by atoms with van der Waals surface area (Å²) in [6, 6.07) is 18.0. The largest absolute Gasteiger partial charge is 0.397 e. The molecule has 1 atom stereocenters. The van der Waals surface area contributed by atoms with E-state index in [4.69, 9.17) is 5.73 Å². The van der Waals surface area contributed by atoms with Crippen molar-refractivity contribution in [2.24, 2.45) is 0 Å². The fourth-order valence-corrected chi connectivity index (χ4v) is 3.38. The summed E-state index contributed by atoms with van der Waals surface area (Å²) < 4.78 is 24.9. The molecular formula is C21H19FN2O2S. The molecule has 0 saturated heterocycles. The number of hydrogen-bond donors (Lipinski definition) is 2. The van der Waals surface area contributed by atoms with Crippen molar-refractivity contribution >= 4 is 28.1 Å². The third-order valence-electron chi connectivity index (χ3n) is 4.12. The summed E-state index contributed by atoms with van der Waals surface area (Å²) in [5.41, 5.74) is 8.96. The van der Waals surface area contributed by atoms with Crippen LogP contribution < -0.4 is 11.1 Å². The van der Waals surface area contributed by atoms with Crippen molar-refractivity contribution in [2.45, 2.75) is 11.8 Å². The Kier molecular flexibility index (Phi) is 5.66. The minimum Gasteiger partial charge on any atom is -0.397 e. The second kappa shape index (κ2) is 8.14. The van der Waals surface area contributed by atoms with E-state index in [0.717, 1.165) is 11.1 Å². The Bertz CT molecular complexity index is 986. The summed E-state index contributed by atoms with van der Waals surface area (Å²) in [5.74, 6) is -0.0971. The van der Waals surface area contributed by atoms with Gasteiger partial charge in [-0.1, -0.05) is 25.1 Å². The molecule has 3 rings (SSSR count). The molecule has 0 saturated carbocycles. The second-order valence-electron chi connectivity index (χ2n) is 5.92. The third-order valence-corrected chi connectivity index (χ3v) is 5.44. The Balaban J connectivity index is 1.82. The lowest BCUT2D eigenvalue weighted by Crippen LogP contribution is -2.13. The normalized spacial score (nSPS) is 11.8. The maximum atomic E-state index is 13.1. The van der Waals surface area contributed by atoms with Crippen molar-refractivity contribution in [1.82, 2.24) is 0 Å². The Morgan fingerprint density at radius 1 is 1.00 bits per heavy atom. The highest BCUT2D eigenvalue weighted by atomic mass is 32.2. The van der Waals surface area contributed by atoms with Gasteiger partial charge in [-0.2, -0.15) is 0 Å². The highest BCUT2D eigenvalue weighted by molar-refractivity contribution is 7.85. The van der Waals surface area contributed by atoms with Crippen LogP contribution in [-0.4, -0.2) is 15.9 Å². The lowest BCUT2D eigenvalue weighted by Gasteiger charge is -2.11. The van der Waals surface area contributed by atoms with Crippen LogP contribution in [0.4, 0.5) is 15.8 Å². The smallest absolute Gasteiger partial charge is 0.255 e. The van der Waals surface area contributed by atoms with Crippen LogP contribution in [0, 0.1) is 5.82 Å². The van der Waals surface area contributed by atoms with E-state index in [1.165, 1.54) is 12.1 Å². The standard InChI is InChI=1S/C21H19FN2O2S/c1-2-27(26)18-10-5-15(6-11-18)21(25)24-20-13-16(7-12-19(20)23)14-3-8-17(22)9-4-14/h3-13H,2,23H2,1H3,(H,24,25). The van der Waals surface area contributed by atoms with Gasteiger partial charge < -0.3 is 11.1 Å². The van der Waals surface area contributed by atoms with Crippen LogP contribution in [-0.2, 0) is 10.8 Å². The van der Waals surface area contributed by atoms with Gasteiger partial charge in [0.1, 0.15) is 5.82 Å². The van der Waals surface area contributed by atoms with Gasteiger partial charge in [-0.15, -0.1) is 0 Å². The number of hydrogen-bond acceptors (Lipinski definition) is 3. The number of halogens is 1. The number of anilines is 2. The SMILES string of the molecule is CCS(=O)c1ccc(C(=O)Nc2cc(-c3ccc(F)cc3)ccc2N)cc1. The predicted molar refractivity (Wildman–Crippen MR) is 108 cm³/mol.